The van der Waals surface area contributed by atoms with Gasteiger partial charge in [0, 0.05) is 0 Å². The van der Waals surface area contributed by atoms with Crippen molar-refractivity contribution in [2.45, 2.75) is 78.2 Å². The second-order valence-electron chi connectivity index (χ2n) is 8.04. The van der Waals surface area contributed by atoms with E-state index in [2.05, 4.69) is 51.1 Å². The fourth-order valence-corrected chi connectivity index (χ4v) is 4.53. The molecule has 2 nitrogen and oxygen atoms in total. The van der Waals surface area contributed by atoms with Gasteiger partial charge in [0.1, 0.15) is 6.10 Å². The predicted molar refractivity (Wildman–Crippen MR) is 117 cm³/mol. The molecule has 0 saturated heterocycles. The van der Waals surface area contributed by atoms with E-state index in [4.69, 9.17) is 4.74 Å². The summed E-state index contributed by atoms with van der Waals surface area (Å²) < 4.78 is 6.15. The first-order valence-corrected chi connectivity index (χ1v) is 11.1. The maximum atomic E-state index is 13.2. The van der Waals surface area contributed by atoms with Gasteiger partial charge in [-0.3, -0.25) is 0 Å². The predicted octanol–water partition coefficient (Wildman–Crippen LogP) is 7.19. The summed E-state index contributed by atoms with van der Waals surface area (Å²) in [5, 5.41) is 0. The molecule has 28 heavy (non-hydrogen) atoms. The van der Waals surface area contributed by atoms with Gasteiger partial charge in [-0.1, -0.05) is 76.4 Å². The number of carbonyl (C=O) groups is 1. The van der Waals surface area contributed by atoms with Crippen molar-refractivity contribution in [3.8, 4) is 11.1 Å². The zero-order chi connectivity index (χ0) is 19.9. The van der Waals surface area contributed by atoms with Crippen LogP contribution in [0, 0.1) is 5.92 Å². The molecule has 1 atom stereocenters. The van der Waals surface area contributed by atoms with Gasteiger partial charge < -0.3 is 4.74 Å². The number of fused-ring (bicyclic) bond motifs is 3. The molecule has 0 spiro atoms. The Labute approximate surface area is 170 Å². The van der Waals surface area contributed by atoms with E-state index < -0.39 is 0 Å². The quantitative estimate of drug-likeness (QED) is 0.276. The van der Waals surface area contributed by atoms with E-state index in [0.717, 1.165) is 43.2 Å². The molecule has 0 N–H and O–H groups in total. The van der Waals surface area contributed by atoms with Crippen LogP contribution in [0.15, 0.2) is 42.5 Å². The third-order valence-corrected chi connectivity index (χ3v) is 6.25. The Morgan fingerprint density at radius 3 is 2.43 bits per heavy atom. The number of benzene rings is 2. The van der Waals surface area contributed by atoms with E-state index in [9.17, 15) is 4.79 Å². The Hall–Kier alpha value is -2.09. The van der Waals surface area contributed by atoms with Gasteiger partial charge in [-0.2, -0.15) is 0 Å². The highest BCUT2D eigenvalue weighted by Crippen LogP contribution is 2.38. The fraction of sp³-hybridized carbons (Fsp3) is 0.500. The van der Waals surface area contributed by atoms with Crippen molar-refractivity contribution >= 4 is 5.97 Å². The minimum atomic E-state index is -0.142. The fourth-order valence-electron chi connectivity index (χ4n) is 4.53. The lowest BCUT2D eigenvalue weighted by Gasteiger charge is -2.26. The average Bonchev–Trinajstić information content (AvgIpc) is 3.10. The summed E-state index contributed by atoms with van der Waals surface area (Å²) in [5.74, 6) is 0.302. The summed E-state index contributed by atoms with van der Waals surface area (Å²) in [4.78, 5) is 13.2. The summed E-state index contributed by atoms with van der Waals surface area (Å²) in [6, 6.07) is 14.5. The SMILES string of the molecule is CCCCCCC(OC(=O)c1cccc2c1Cc1ccccc1-2)C(CC)CC. The van der Waals surface area contributed by atoms with Crippen molar-refractivity contribution in [1.29, 1.82) is 0 Å². The highest BCUT2D eigenvalue weighted by Gasteiger charge is 2.27. The Balaban J connectivity index is 1.77. The van der Waals surface area contributed by atoms with E-state index in [1.807, 2.05) is 12.1 Å². The standard InChI is InChI=1S/C26H34O2/c1-4-7-8-9-17-25(19(5-2)6-3)28-26(27)23-16-12-15-22-21-14-11-10-13-20(21)18-24(22)23/h10-16,19,25H,4-9,17-18H2,1-3H3. The van der Waals surface area contributed by atoms with Crippen LogP contribution in [0.1, 0.15) is 87.2 Å². The van der Waals surface area contributed by atoms with E-state index in [1.54, 1.807) is 0 Å². The summed E-state index contributed by atoms with van der Waals surface area (Å²) in [6.45, 7) is 6.64. The second kappa shape index (κ2) is 9.91. The molecular weight excluding hydrogens is 344 g/mol. The first-order chi connectivity index (χ1) is 13.7. The lowest BCUT2D eigenvalue weighted by atomic mass is 9.92. The van der Waals surface area contributed by atoms with Crippen LogP contribution in [0.5, 0.6) is 0 Å². The van der Waals surface area contributed by atoms with Crippen LogP contribution >= 0.6 is 0 Å². The van der Waals surface area contributed by atoms with Crippen LogP contribution in [0.2, 0.25) is 0 Å². The molecule has 3 rings (SSSR count). The molecule has 1 unspecified atom stereocenters. The van der Waals surface area contributed by atoms with Crippen molar-refractivity contribution in [1.82, 2.24) is 0 Å². The van der Waals surface area contributed by atoms with E-state index >= 15 is 0 Å². The number of unbranched alkanes of at least 4 members (excludes halogenated alkanes) is 3. The third kappa shape index (κ3) is 4.48. The molecule has 0 fully saturated rings. The van der Waals surface area contributed by atoms with Gasteiger partial charge in [0.2, 0.25) is 0 Å². The minimum absolute atomic E-state index is 0.0268. The average molecular weight is 379 g/mol. The molecule has 0 bridgehead atoms. The maximum absolute atomic E-state index is 13.2. The molecule has 2 aromatic rings. The van der Waals surface area contributed by atoms with Crippen molar-refractivity contribution in [3.05, 3.63) is 59.2 Å². The van der Waals surface area contributed by atoms with Crippen molar-refractivity contribution in [3.63, 3.8) is 0 Å². The minimum Gasteiger partial charge on any atom is -0.458 e. The van der Waals surface area contributed by atoms with E-state index in [-0.39, 0.29) is 12.1 Å². The summed E-state index contributed by atoms with van der Waals surface area (Å²) in [7, 11) is 0. The number of esters is 1. The van der Waals surface area contributed by atoms with E-state index in [0.29, 0.717) is 5.92 Å². The Kier molecular flexibility index (Phi) is 7.30. The Morgan fingerprint density at radius 2 is 1.68 bits per heavy atom. The van der Waals surface area contributed by atoms with Gasteiger partial charge in [-0.25, -0.2) is 4.79 Å². The summed E-state index contributed by atoms with van der Waals surface area (Å²) in [5.41, 5.74) is 5.62. The highest BCUT2D eigenvalue weighted by atomic mass is 16.5. The lowest BCUT2D eigenvalue weighted by molar-refractivity contribution is 0.00879. The molecular formula is C26H34O2. The van der Waals surface area contributed by atoms with Crippen molar-refractivity contribution < 1.29 is 9.53 Å². The van der Waals surface area contributed by atoms with Crippen LogP contribution in [0.4, 0.5) is 0 Å². The monoisotopic (exact) mass is 378 g/mol. The highest BCUT2D eigenvalue weighted by molar-refractivity contribution is 5.95. The smallest absolute Gasteiger partial charge is 0.338 e. The first kappa shape index (κ1) is 20.6. The number of hydrogen-bond donors (Lipinski definition) is 0. The maximum Gasteiger partial charge on any atom is 0.338 e. The molecule has 0 radical (unpaired) electrons. The topological polar surface area (TPSA) is 26.3 Å². The van der Waals surface area contributed by atoms with Gasteiger partial charge in [-0.05, 0) is 66.3 Å². The van der Waals surface area contributed by atoms with Gasteiger partial charge in [0.25, 0.3) is 0 Å². The molecule has 150 valence electrons. The third-order valence-electron chi connectivity index (χ3n) is 6.25. The van der Waals surface area contributed by atoms with Gasteiger partial charge in [-0.15, -0.1) is 0 Å². The summed E-state index contributed by atoms with van der Waals surface area (Å²) >= 11 is 0. The van der Waals surface area contributed by atoms with Crippen LogP contribution in [0.3, 0.4) is 0 Å². The first-order valence-electron chi connectivity index (χ1n) is 11.1. The molecule has 2 aromatic carbocycles. The van der Waals surface area contributed by atoms with Gasteiger partial charge >= 0.3 is 5.97 Å². The van der Waals surface area contributed by atoms with Crippen LogP contribution in [0.25, 0.3) is 11.1 Å². The molecule has 0 aromatic heterocycles. The molecule has 0 heterocycles. The van der Waals surface area contributed by atoms with E-state index in [1.165, 1.54) is 36.0 Å². The van der Waals surface area contributed by atoms with Crippen LogP contribution in [-0.4, -0.2) is 12.1 Å². The number of ether oxygens (including phenoxy) is 1. The second-order valence-corrected chi connectivity index (χ2v) is 8.04. The van der Waals surface area contributed by atoms with Crippen LogP contribution < -0.4 is 0 Å². The van der Waals surface area contributed by atoms with Gasteiger partial charge in [0.15, 0.2) is 0 Å². The molecule has 0 saturated carbocycles. The zero-order valence-corrected chi connectivity index (χ0v) is 17.7. The largest absolute Gasteiger partial charge is 0.458 e. The molecule has 0 aliphatic heterocycles. The molecule has 1 aliphatic rings. The van der Waals surface area contributed by atoms with Crippen molar-refractivity contribution in [2.75, 3.05) is 0 Å². The molecule has 0 amide bonds. The normalized spacial score (nSPS) is 13.3. The summed E-state index contributed by atoms with van der Waals surface area (Å²) in [6.07, 6.45) is 8.79. The Morgan fingerprint density at radius 1 is 0.929 bits per heavy atom. The number of carbonyl (C=O) groups excluding carboxylic acids is 1. The number of hydrogen-bond acceptors (Lipinski definition) is 2. The van der Waals surface area contributed by atoms with Gasteiger partial charge in [0.05, 0.1) is 5.56 Å². The number of rotatable bonds is 10. The molecule has 1 aliphatic carbocycles. The van der Waals surface area contributed by atoms with Crippen molar-refractivity contribution in [2.24, 2.45) is 5.92 Å². The lowest BCUT2D eigenvalue weighted by Crippen LogP contribution is -2.27. The Bertz CT molecular complexity index is 789. The van der Waals surface area contributed by atoms with Crippen LogP contribution in [-0.2, 0) is 11.2 Å². The molecule has 2 heteroatoms. The zero-order valence-electron chi connectivity index (χ0n) is 17.7.